The topological polar surface area (TPSA) is 73.0 Å². The number of nitrogens with zero attached hydrogens (tertiary/aromatic N) is 3. The maximum Gasteiger partial charge on any atom is 0.322 e. The van der Waals surface area contributed by atoms with Gasteiger partial charge in [0, 0.05) is 17.8 Å². The van der Waals surface area contributed by atoms with Crippen LogP contribution in [0.1, 0.15) is 18.4 Å². The molecule has 0 atom stereocenters. The second-order valence-corrected chi connectivity index (χ2v) is 5.48. The third-order valence-corrected chi connectivity index (χ3v) is 4.02. The molecule has 2 heterocycles. The molecule has 4 rings (SSSR count). The highest BCUT2D eigenvalue weighted by Gasteiger charge is 2.52. The first-order valence-corrected chi connectivity index (χ1v) is 7.21. The van der Waals surface area contributed by atoms with Gasteiger partial charge in [-0.1, -0.05) is 18.2 Å². The minimum atomic E-state index is -0.794. The van der Waals surface area contributed by atoms with Crippen molar-refractivity contribution >= 4 is 11.7 Å². The highest BCUT2D eigenvalue weighted by molar-refractivity contribution is 6.00. The summed E-state index contributed by atoms with van der Waals surface area (Å²) in [6.07, 6.45) is 5.82. The van der Waals surface area contributed by atoms with E-state index >= 15 is 0 Å². The number of amides is 1. The van der Waals surface area contributed by atoms with Crippen molar-refractivity contribution in [1.82, 2.24) is 14.8 Å². The molecule has 1 amide bonds. The lowest BCUT2D eigenvalue weighted by Crippen LogP contribution is -2.29. The van der Waals surface area contributed by atoms with Gasteiger partial charge in [-0.15, -0.1) is 5.10 Å². The molecule has 23 heavy (non-hydrogen) atoms. The van der Waals surface area contributed by atoms with E-state index < -0.39 is 5.41 Å². The summed E-state index contributed by atoms with van der Waals surface area (Å²) in [5.74, 6) is -0.235. The molecule has 0 aliphatic heterocycles. The molecule has 1 saturated carbocycles. The molecule has 1 aliphatic carbocycles. The molecule has 1 aliphatic rings. The van der Waals surface area contributed by atoms with Crippen LogP contribution < -0.4 is 5.32 Å². The largest absolute Gasteiger partial charge is 0.431 e. The monoisotopic (exact) mass is 312 g/mol. The van der Waals surface area contributed by atoms with E-state index in [9.17, 15) is 9.18 Å². The van der Waals surface area contributed by atoms with Crippen molar-refractivity contribution < 1.29 is 13.6 Å². The number of halogens is 1. The van der Waals surface area contributed by atoms with Gasteiger partial charge in [-0.25, -0.2) is 9.37 Å². The third-order valence-electron chi connectivity index (χ3n) is 4.02. The van der Waals surface area contributed by atoms with E-state index in [0.29, 0.717) is 30.2 Å². The number of carbonyl (C=O) groups is 1. The van der Waals surface area contributed by atoms with Crippen LogP contribution in [-0.4, -0.2) is 20.7 Å². The lowest BCUT2D eigenvalue weighted by atomic mass is 9.94. The van der Waals surface area contributed by atoms with Crippen LogP contribution in [0.4, 0.5) is 10.2 Å². The van der Waals surface area contributed by atoms with Crippen LogP contribution >= 0.6 is 0 Å². The van der Waals surface area contributed by atoms with Gasteiger partial charge in [-0.3, -0.25) is 4.79 Å². The number of rotatable bonds is 4. The minimum Gasteiger partial charge on any atom is -0.431 e. The molecule has 0 bridgehead atoms. The molecule has 7 heteroatoms. The fraction of sp³-hybridized carbons (Fsp3) is 0.188. The zero-order chi connectivity index (χ0) is 15.9. The van der Waals surface area contributed by atoms with E-state index in [4.69, 9.17) is 4.42 Å². The van der Waals surface area contributed by atoms with Crippen LogP contribution in [0, 0.1) is 5.82 Å². The van der Waals surface area contributed by atoms with E-state index in [-0.39, 0.29) is 11.7 Å². The fourth-order valence-corrected chi connectivity index (χ4v) is 2.66. The Morgan fingerprint density at radius 2 is 2.13 bits per heavy atom. The third kappa shape index (κ3) is 2.30. The number of nitrogens with one attached hydrogen (secondary N) is 1. The summed E-state index contributed by atoms with van der Waals surface area (Å²) >= 11 is 0. The van der Waals surface area contributed by atoms with Gasteiger partial charge in [0.2, 0.25) is 5.91 Å². The average molecular weight is 312 g/mol. The highest BCUT2D eigenvalue weighted by Crippen LogP contribution is 2.49. The molecule has 1 N–H and O–H groups in total. The Morgan fingerprint density at radius 3 is 2.83 bits per heavy atom. The number of hydrogen-bond donors (Lipinski definition) is 1. The summed E-state index contributed by atoms with van der Waals surface area (Å²) in [6, 6.07) is 8.33. The average Bonchev–Trinajstić information content (AvgIpc) is 2.97. The second kappa shape index (κ2) is 5.05. The summed E-state index contributed by atoms with van der Waals surface area (Å²) in [5.41, 5.74) is -0.359. The fourth-order valence-electron chi connectivity index (χ4n) is 2.66. The van der Waals surface area contributed by atoms with Crippen LogP contribution in [0.5, 0.6) is 0 Å². The van der Waals surface area contributed by atoms with Gasteiger partial charge in [-0.2, -0.15) is 4.68 Å². The van der Waals surface area contributed by atoms with Crippen molar-refractivity contribution in [2.75, 3.05) is 5.32 Å². The molecule has 0 unspecified atom stereocenters. The van der Waals surface area contributed by atoms with Crippen molar-refractivity contribution in [2.45, 2.75) is 18.3 Å². The Balaban J connectivity index is 1.56. The Morgan fingerprint density at radius 1 is 1.30 bits per heavy atom. The molecule has 0 saturated heterocycles. The zero-order valence-corrected chi connectivity index (χ0v) is 12.1. The Labute approximate surface area is 130 Å². The Kier molecular flexibility index (Phi) is 3.00. The van der Waals surface area contributed by atoms with E-state index in [2.05, 4.69) is 15.4 Å². The second-order valence-electron chi connectivity index (χ2n) is 5.48. The van der Waals surface area contributed by atoms with Crippen LogP contribution in [0.3, 0.4) is 0 Å². The molecule has 116 valence electrons. The first kappa shape index (κ1) is 13.7. The molecular formula is C16H13FN4O2. The highest BCUT2D eigenvalue weighted by atomic mass is 19.1. The van der Waals surface area contributed by atoms with Gasteiger partial charge in [0.05, 0.1) is 11.6 Å². The van der Waals surface area contributed by atoms with E-state index in [1.165, 1.54) is 23.2 Å². The van der Waals surface area contributed by atoms with Gasteiger partial charge in [0.25, 0.3) is 0 Å². The van der Waals surface area contributed by atoms with E-state index in [1.54, 1.807) is 30.5 Å². The molecular weight excluding hydrogens is 299 g/mol. The molecule has 3 aromatic rings. The number of hydrogen-bond acceptors (Lipinski definition) is 4. The maximum absolute atomic E-state index is 14.0. The molecule has 6 nitrogen and oxygen atoms in total. The molecule has 0 spiro atoms. The zero-order valence-electron chi connectivity index (χ0n) is 12.1. The van der Waals surface area contributed by atoms with Gasteiger partial charge in [0.1, 0.15) is 12.1 Å². The van der Waals surface area contributed by atoms with Crippen LogP contribution in [0.25, 0.3) is 6.01 Å². The van der Waals surface area contributed by atoms with E-state index in [1.807, 2.05) is 0 Å². The van der Waals surface area contributed by atoms with Crippen LogP contribution in [0.15, 0.2) is 53.4 Å². The summed E-state index contributed by atoms with van der Waals surface area (Å²) < 4.78 is 20.5. The van der Waals surface area contributed by atoms with E-state index in [0.717, 1.165) is 0 Å². The SMILES string of the molecule is O=C(Nc1ccn(-c2ncco2)n1)C1(c2ccccc2F)CC1. The molecule has 1 aromatic carbocycles. The van der Waals surface area contributed by atoms with Crippen LogP contribution in [0.2, 0.25) is 0 Å². The van der Waals surface area contributed by atoms with Crippen molar-refractivity contribution in [3.63, 3.8) is 0 Å². The molecule has 2 aromatic heterocycles. The summed E-state index contributed by atoms with van der Waals surface area (Å²) in [6.45, 7) is 0. The van der Waals surface area contributed by atoms with Crippen molar-refractivity contribution in [1.29, 1.82) is 0 Å². The Hall–Kier alpha value is -2.96. The maximum atomic E-state index is 14.0. The van der Waals surface area contributed by atoms with Crippen LogP contribution in [-0.2, 0) is 10.2 Å². The van der Waals surface area contributed by atoms with Crippen molar-refractivity contribution in [3.05, 3.63) is 60.4 Å². The molecule has 0 radical (unpaired) electrons. The number of aromatic nitrogens is 3. The summed E-state index contributed by atoms with van der Waals surface area (Å²) in [5, 5.41) is 6.93. The quantitative estimate of drug-likeness (QED) is 0.804. The van der Waals surface area contributed by atoms with Crippen molar-refractivity contribution in [2.24, 2.45) is 0 Å². The first-order valence-electron chi connectivity index (χ1n) is 7.21. The van der Waals surface area contributed by atoms with Gasteiger partial charge in [-0.05, 0) is 18.9 Å². The van der Waals surface area contributed by atoms with Gasteiger partial charge in [0.15, 0.2) is 5.82 Å². The summed E-state index contributed by atoms with van der Waals surface area (Å²) in [4.78, 5) is 16.5. The van der Waals surface area contributed by atoms with Crippen molar-refractivity contribution in [3.8, 4) is 6.01 Å². The smallest absolute Gasteiger partial charge is 0.322 e. The number of anilines is 1. The summed E-state index contributed by atoms with van der Waals surface area (Å²) in [7, 11) is 0. The minimum absolute atomic E-state index is 0.250. The number of carbonyl (C=O) groups excluding carboxylic acids is 1. The standard InChI is InChI=1S/C16H13FN4O2/c17-12-4-2-1-3-11(12)16(6-7-16)14(22)19-13-5-9-21(20-13)15-18-8-10-23-15/h1-5,8-10H,6-7H2,(H,19,20,22). The van der Waals surface area contributed by atoms with Gasteiger partial charge >= 0.3 is 6.01 Å². The van der Waals surface area contributed by atoms with Gasteiger partial charge < -0.3 is 9.73 Å². The lowest BCUT2D eigenvalue weighted by Gasteiger charge is -2.15. The normalized spacial score (nSPS) is 15.3. The Bertz CT molecular complexity index is 853. The number of benzene rings is 1. The lowest BCUT2D eigenvalue weighted by molar-refractivity contribution is -0.118. The molecule has 1 fully saturated rings. The first-order chi connectivity index (χ1) is 11.2. The predicted octanol–water partition coefficient (Wildman–Crippen LogP) is 2.67. The predicted molar refractivity (Wildman–Crippen MR) is 79.6 cm³/mol. The number of oxazole rings is 1.